The number of nitrogen functional groups attached to an aromatic ring is 1. The summed E-state index contributed by atoms with van der Waals surface area (Å²) in [6, 6.07) is 7.30. The van der Waals surface area contributed by atoms with Gasteiger partial charge in [-0.25, -0.2) is 8.42 Å². The molecule has 0 amide bonds. The fraction of sp³-hybridized carbons (Fsp3) is 0.538. The van der Waals surface area contributed by atoms with E-state index >= 15 is 0 Å². The molecule has 2 rings (SSSR count). The van der Waals surface area contributed by atoms with Crippen molar-refractivity contribution < 1.29 is 8.42 Å². The predicted molar refractivity (Wildman–Crippen MR) is 70.5 cm³/mol. The summed E-state index contributed by atoms with van der Waals surface area (Å²) in [4.78, 5) is 0. The molecule has 1 aliphatic carbocycles. The van der Waals surface area contributed by atoms with Crippen LogP contribution in [0.15, 0.2) is 24.3 Å². The van der Waals surface area contributed by atoms with Gasteiger partial charge in [0.15, 0.2) is 9.84 Å². The number of hydrogen-bond acceptors (Lipinski definition) is 3. The molecule has 0 aliphatic heterocycles. The average Bonchev–Trinajstić information content (AvgIpc) is 2.29. The van der Waals surface area contributed by atoms with Crippen molar-refractivity contribution >= 4 is 15.5 Å². The van der Waals surface area contributed by atoms with E-state index in [1.807, 2.05) is 12.1 Å². The van der Waals surface area contributed by atoms with Gasteiger partial charge in [-0.3, -0.25) is 0 Å². The number of nitrogens with two attached hydrogens (primary N) is 1. The molecule has 2 N–H and O–H groups in total. The van der Waals surface area contributed by atoms with Crippen LogP contribution in [0.2, 0.25) is 0 Å². The third-order valence-electron chi connectivity index (χ3n) is 3.81. The molecule has 1 saturated carbocycles. The molecule has 3 nitrogen and oxygen atoms in total. The van der Waals surface area contributed by atoms with Crippen molar-refractivity contribution in [3.63, 3.8) is 0 Å². The molecule has 4 heteroatoms. The molecule has 0 radical (unpaired) electrons. The van der Waals surface area contributed by atoms with Crippen LogP contribution >= 0.6 is 0 Å². The van der Waals surface area contributed by atoms with Crippen LogP contribution in [0, 0.1) is 0 Å². The smallest absolute Gasteiger partial charge is 0.157 e. The second-order valence-electron chi connectivity index (χ2n) is 4.95. The maximum absolute atomic E-state index is 12.2. The third-order valence-corrected chi connectivity index (χ3v) is 5.87. The van der Waals surface area contributed by atoms with Gasteiger partial charge in [-0.05, 0) is 30.5 Å². The topological polar surface area (TPSA) is 60.2 Å². The molecule has 1 fully saturated rings. The fourth-order valence-corrected chi connectivity index (χ4v) is 4.38. The Labute approximate surface area is 103 Å². The van der Waals surface area contributed by atoms with Crippen molar-refractivity contribution in [2.45, 2.75) is 36.9 Å². The number of sulfone groups is 1. The molecule has 1 aliphatic rings. The number of hydrogen-bond donors (Lipinski definition) is 1. The summed E-state index contributed by atoms with van der Waals surface area (Å²) in [5.41, 5.74) is 7.23. The van der Waals surface area contributed by atoms with E-state index in [4.69, 9.17) is 5.73 Å². The summed E-state index contributed by atoms with van der Waals surface area (Å²) in [6.45, 7) is 0. The molecule has 0 bridgehead atoms. The maximum atomic E-state index is 12.2. The third kappa shape index (κ3) is 2.18. The lowest BCUT2D eigenvalue weighted by Gasteiger charge is -2.36. The van der Waals surface area contributed by atoms with Crippen LogP contribution in [0.1, 0.15) is 37.7 Å². The second-order valence-corrected chi connectivity index (χ2v) is 7.27. The van der Waals surface area contributed by atoms with E-state index in [1.54, 1.807) is 12.1 Å². The van der Waals surface area contributed by atoms with Gasteiger partial charge in [0.1, 0.15) is 0 Å². The molecule has 94 valence electrons. The molecule has 0 atom stereocenters. The van der Waals surface area contributed by atoms with E-state index in [2.05, 4.69) is 0 Å². The Kier molecular flexibility index (Phi) is 3.17. The zero-order chi connectivity index (χ0) is 12.5. The Hall–Kier alpha value is -1.03. The van der Waals surface area contributed by atoms with Crippen LogP contribution in [0.4, 0.5) is 5.69 Å². The number of anilines is 1. The van der Waals surface area contributed by atoms with Crippen molar-refractivity contribution in [1.29, 1.82) is 0 Å². The normalized spacial score (nSPS) is 20.1. The molecule has 17 heavy (non-hydrogen) atoms. The first kappa shape index (κ1) is 12.4. The minimum atomic E-state index is -3.09. The van der Waals surface area contributed by atoms with Gasteiger partial charge in [-0.2, -0.15) is 0 Å². The summed E-state index contributed by atoms with van der Waals surface area (Å²) in [7, 11) is -3.09. The molecule has 0 aromatic heterocycles. The first-order chi connectivity index (χ1) is 7.96. The first-order valence-corrected chi connectivity index (χ1v) is 7.90. The Morgan fingerprint density at radius 1 is 1.06 bits per heavy atom. The maximum Gasteiger partial charge on any atom is 0.157 e. The van der Waals surface area contributed by atoms with Crippen molar-refractivity contribution in [3.8, 4) is 0 Å². The molecule has 0 spiro atoms. The van der Waals surface area contributed by atoms with Crippen LogP contribution in [-0.4, -0.2) is 14.7 Å². The minimum Gasteiger partial charge on any atom is -0.399 e. The lowest BCUT2D eigenvalue weighted by Crippen LogP contribution is -2.37. The lowest BCUT2D eigenvalue weighted by molar-refractivity contribution is 0.382. The van der Waals surface area contributed by atoms with Gasteiger partial charge < -0.3 is 5.73 Å². The second kappa shape index (κ2) is 4.33. The SMILES string of the molecule is CS(=O)(=O)C1(c2ccc(N)cc2)CCCCC1. The molecular weight excluding hydrogens is 234 g/mol. The molecule has 0 unspecified atom stereocenters. The Morgan fingerprint density at radius 3 is 2.06 bits per heavy atom. The van der Waals surface area contributed by atoms with Gasteiger partial charge in [-0.1, -0.05) is 31.4 Å². The van der Waals surface area contributed by atoms with Crippen molar-refractivity contribution in [2.24, 2.45) is 0 Å². The first-order valence-electron chi connectivity index (χ1n) is 6.01. The van der Waals surface area contributed by atoms with Crippen LogP contribution in [0.25, 0.3) is 0 Å². The van der Waals surface area contributed by atoms with E-state index < -0.39 is 14.6 Å². The van der Waals surface area contributed by atoms with Gasteiger partial charge in [-0.15, -0.1) is 0 Å². The zero-order valence-corrected chi connectivity index (χ0v) is 11.0. The van der Waals surface area contributed by atoms with Gasteiger partial charge in [0.25, 0.3) is 0 Å². The summed E-state index contributed by atoms with van der Waals surface area (Å²) in [5, 5.41) is 0. The standard InChI is InChI=1S/C13H19NO2S/c1-17(15,16)13(9-3-2-4-10-13)11-5-7-12(14)8-6-11/h5-8H,2-4,9-10,14H2,1H3. The Morgan fingerprint density at radius 2 is 1.59 bits per heavy atom. The lowest BCUT2D eigenvalue weighted by atomic mass is 9.83. The van der Waals surface area contributed by atoms with Crippen LogP contribution in [0.5, 0.6) is 0 Å². The van der Waals surface area contributed by atoms with Crippen molar-refractivity contribution in [3.05, 3.63) is 29.8 Å². The monoisotopic (exact) mass is 253 g/mol. The Bertz CT molecular complexity index is 485. The van der Waals surface area contributed by atoms with Gasteiger partial charge in [0, 0.05) is 11.9 Å². The van der Waals surface area contributed by atoms with Crippen LogP contribution in [0.3, 0.4) is 0 Å². The molecule has 0 heterocycles. The van der Waals surface area contributed by atoms with E-state index in [0.29, 0.717) is 5.69 Å². The predicted octanol–water partition coefficient (Wildman–Crippen LogP) is 2.47. The van der Waals surface area contributed by atoms with Gasteiger partial charge in [0.2, 0.25) is 0 Å². The van der Waals surface area contributed by atoms with Crippen LogP contribution in [-0.2, 0) is 14.6 Å². The molecule has 0 saturated heterocycles. The summed E-state index contributed by atoms with van der Waals surface area (Å²) >= 11 is 0. The molecule has 1 aromatic carbocycles. The minimum absolute atomic E-state index is 0.674. The summed E-state index contributed by atoms with van der Waals surface area (Å²) < 4.78 is 23.6. The number of benzene rings is 1. The van der Waals surface area contributed by atoms with Crippen molar-refractivity contribution in [1.82, 2.24) is 0 Å². The van der Waals surface area contributed by atoms with E-state index in [1.165, 1.54) is 6.26 Å². The highest BCUT2D eigenvalue weighted by atomic mass is 32.2. The van der Waals surface area contributed by atoms with Gasteiger partial charge in [0.05, 0.1) is 4.75 Å². The van der Waals surface area contributed by atoms with Crippen LogP contribution < -0.4 is 5.73 Å². The van der Waals surface area contributed by atoms with Gasteiger partial charge >= 0.3 is 0 Å². The highest BCUT2D eigenvalue weighted by Gasteiger charge is 2.43. The highest BCUT2D eigenvalue weighted by molar-refractivity contribution is 7.91. The Balaban J connectivity index is 2.50. The molecule has 1 aromatic rings. The quantitative estimate of drug-likeness (QED) is 0.824. The van der Waals surface area contributed by atoms with E-state index in [-0.39, 0.29) is 0 Å². The fourth-order valence-electron chi connectivity index (χ4n) is 2.78. The highest BCUT2D eigenvalue weighted by Crippen LogP contribution is 2.43. The van der Waals surface area contributed by atoms with Crippen molar-refractivity contribution in [2.75, 3.05) is 12.0 Å². The summed E-state index contributed by atoms with van der Waals surface area (Å²) in [5.74, 6) is 0. The molecular formula is C13H19NO2S. The number of rotatable bonds is 2. The average molecular weight is 253 g/mol. The summed E-state index contributed by atoms with van der Waals surface area (Å²) in [6.07, 6.45) is 5.92. The van der Waals surface area contributed by atoms with E-state index in [0.717, 1.165) is 37.7 Å². The van der Waals surface area contributed by atoms with E-state index in [9.17, 15) is 8.42 Å². The largest absolute Gasteiger partial charge is 0.399 e. The zero-order valence-electron chi connectivity index (χ0n) is 10.1.